The molecule has 0 saturated heterocycles. The van der Waals surface area contributed by atoms with Gasteiger partial charge in [0, 0.05) is 52.3 Å². The van der Waals surface area contributed by atoms with E-state index in [1.165, 1.54) is 48.5 Å². The van der Waals surface area contributed by atoms with Gasteiger partial charge in [0.05, 0.1) is 21.1 Å². The monoisotopic (exact) mass is 465 g/mol. The summed E-state index contributed by atoms with van der Waals surface area (Å²) in [6, 6.07) is 22.8. The molecule has 170 valence electrons. The highest BCUT2D eigenvalue weighted by Gasteiger charge is 2.33. The molecule has 4 aromatic carbocycles. The smallest absolute Gasteiger partial charge is 0.269 e. The Labute approximate surface area is 198 Å². The van der Waals surface area contributed by atoms with Gasteiger partial charge in [0.1, 0.15) is 0 Å². The lowest BCUT2D eigenvalue weighted by Crippen LogP contribution is -2.24. The molecule has 0 N–H and O–H groups in total. The van der Waals surface area contributed by atoms with Gasteiger partial charge in [0.15, 0.2) is 11.6 Å². The SMILES string of the molecule is O=C1c2ccccc2C(=O)c2c1cccc2N(c1ccc([N+](=O)[O-])cc1)c1ccc([N+](=O)[O-])cc1. The van der Waals surface area contributed by atoms with E-state index in [0.717, 1.165) is 0 Å². The van der Waals surface area contributed by atoms with Crippen LogP contribution in [0, 0.1) is 20.2 Å². The van der Waals surface area contributed by atoms with Crippen molar-refractivity contribution in [2.75, 3.05) is 4.90 Å². The summed E-state index contributed by atoms with van der Waals surface area (Å²) in [5.74, 6) is -0.621. The van der Waals surface area contributed by atoms with E-state index in [1.807, 2.05) is 0 Å². The first kappa shape index (κ1) is 21.7. The minimum Gasteiger partial charge on any atom is -0.310 e. The lowest BCUT2D eigenvalue weighted by atomic mass is 9.83. The Hall–Kier alpha value is -5.18. The third-order valence-corrected chi connectivity index (χ3v) is 5.81. The topological polar surface area (TPSA) is 124 Å². The van der Waals surface area contributed by atoms with Crippen LogP contribution in [0.15, 0.2) is 91.0 Å². The summed E-state index contributed by atoms with van der Waals surface area (Å²) in [4.78, 5) is 49.7. The van der Waals surface area contributed by atoms with Crippen LogP contribution >= 0.6 is 0 Å². The Morgan fingerprint density at radius 1 is 0.543 bits per heavy atom. The number of nitro benzene ring substituents is 2. The number of non-ortho nitro benzene ring substituents is 2. The second kappa shape index (κ2) is 8.31. The van der Waals surface area contributed by atoms with Crippen LogP contribution in [-0.4, -0.2) is 21.4 Å². The quantitative estimate of drug-likeness (QED) is 0.239. The maximum absolute atomic E-state index is 13.6. The third kappa shape index (κ3) is 3.61. The molecule has 0 atom stereocenters. The molecule has 5 rings (SSSR count). The Morgan fingerprint density at radius 3 is 1.49 bits per heavy atom. The second-order valence-electron chi connectivity index (χ2n) is 7.79. The maximum atomic E-state index is 13.6. The van der Waals surface area contributed by atoms with Crippen molar-refractivity contribution in [2.45, 2.75) is 0 Å². The molecule has 9 nitrogen and oxygen atoms in total. The molecule has 0 amide bonds. The minimum absolute atomic E-state index is 0.118. The predicted molar refractivity (Wildman–Crippen MR) is 128 cm³/mol. The summed E-state index contributed by atoms with van der Waals surface area (Å²) in [6.07, 6.45) is 0. The van der Waals surface area contributed by atoms with E-state index in [1.54, 1.807) is 47.4 Å². The maximum Gasteiger partial charge on any atom is 0.269 e. The molecule has 1 aliphatic rings. The van der Waals surface area contributed by atoms with Gasteiger partial charge in [-0.1, -0.05) is 36.4 Å². The largest absolute Gasteiger partial charge is 0.310 e. The third-order valence-electron chi connectivity index (χ3n) is 5.81. The molecule has 0 unspecified atom stereocenters. The van der Waals surface area contributed by atoms with Crippen molar-refractivity contribution in [1.82, 2.24) is 0 Å². The van der Waals surface area contributed by atoms with Crippen molar-refractivity contribution in [3.8, 4) is 0 Å². The zero-order chi connectivity index (χ0) is 24.7. The first-order valence-corrected chi connectivity index (χ1v) is 10.5. The number of benzene rings is 4. The van der Waals surface area contributed by atoms with E-state index < -0.39 is 9.85 Å². The number of ketones is 2. The van der Waals surface area contributed by atoms with E-state index in [9.17, 15) is 29.8 Å². The molecule has 0 saturated carbocycles. The van der Waals surface area contributed by atoms with Crippen molar-refractivity contribution in [3.05, 3.63) is 133 Å². The summed E-state index contributed by atoms with van der Waals surface area (Å²) in [7, 11) is 0. The van der Waals surface area contributed by atoms with E-state index in [-0.39, 0.29) is 39.6 Å². The van der Waals surface area contributed by atoms with Crippen LogP contribution in [0.5, 0.6) is 0 Å². The summed E-state index contributed by atoms with van der Waals surface area (Å²) in [5.41, 5.74) is 2.10. The number of anilines is 3. The normalized spacial score (nSPS) is 12.0. The number of nitrogens with zero attached hydrogens (tertiary/aromatic N) is 3. The van der Waals surface area contributed by atoms with E-state index >= 15 is 0 Å². The molecule has 0 aliphatic heterocycles. The van der Waals surface area contributed by atoms with Crippen molar-refractivity contribution in [2.24, 2.45) is 0 Å². The summed E-state index contributed by atoms with van der Waals surface area (Å²) in [5, 5.41) is 22.3. The number of hydrogen-bond acceptors (Lipinski definition) is 7. The fraction of sp³-hybridized carbons (Fsp3) is 0. The number of rotatable bonds is 5. The lowest BCUT2D eigenvalue weighted by molar-refractivity contribution is -0.385. The summed E-state index contributed by atoms with van der Waals surface area (Å²) >= 11 is 0. The highest BCUT2D eigenvalue weighted by atomic mass is 16.6. The van der Waals surface area contributed by atoms with E-state index in [0.29, 0.717) is 22.6 Å². The van der Waals surface area contributed by atoms with Crippen LogP contribution in [0.4, 0.5) is 28.4 Å². The number of fused-ring (bicyclic) bond motifs is 2. The van der Waals surface area contributed by atoms with Crippen molar-refractivity contribution >= 4 is 40.0 Å². The lowest BCUT2D eigenvalue weighted by Gasteiger charge is -2.29. The van der Waals surface area contributed by atoms with Gasteiger partial charge in [-0.2, -0.15) is 0 Å². The Balaban J connectivity index is 1.73. The highest BCUT2D eigenvalue weighted by molar-refractivity contribution is 6.30. The molecular formula is C26H15N3O6. The Kier molecular flexibility index (Phi) is 5.14. The van der Waals surface area contributed by atoms with Crippen molar-refractivity contribution in [1.29, 1.82) is 0 Å². The van der Waals surface area contributed by atoms with Crippen molar-refractivity contribution in [3.63, 3.8) is 0 Å². The van der Waals surface area contributed by atoms with Gasteiger partial charge in [-0.3, -0.25) is 29.8 Å². The number of carbonyl (C=O) groups is 2. The molecule has 0 aromatic heterocycles. The van der Waals surface area contributed by atoms with Gasteiger partial charge in [0.25, 0.3) is 11.4 Å². The van der Waals surface area contributed by atoms with Gasteiger partial charge >= 0.3 is 0 Å². The molecular weight excluding hydrogens is 450 g/mol. The average molecular weight is 465 g/mol. The van der Waals surface area contributed by atoms with Crippen LogP contribution < -0.4 is 4.90 Å². The van der Waals surface area contributed by atoms with Crippen LogP contribution in [0.25, 0.3) is 0 Å². The molecule has 0 spiro atoms. The number of carbonyl (C=O) groups excluding carboxylic acids is 2. The standard InChI is InChI=1S/C26H15N3O6/c30-25-20-4-1-2-5-21(20)26(31)24-22(25)6-3-7-23(24)27(16-8-12-18(13-9-16)28(32)33)17-10-14-19(15-11-17)29(34)35/h1-15H. The summed E-state index contributed by atoms with van der Waals surface area (Å²) in [6.45, 7) is 0. The van der Waals surface area contributed by atoms with E-state index in [2.05, 4.69) is 0 Å². The Bertz CT molecular complexity index is 1470. The van der Waals surface area contributed by atoms with E-state index in [4.69, 9.17) is 0 Å². The zero-order valence-corrected chi connectivity index (χ0v) is 18.0. The first-order valence-electron chi connectivity index (χ1n) is 10.5. The molecule has 1 aliphatic carbocycles. The zero-order valence-electron chi connectivity index (χ0n) is 18.0. The van der Waals surface area contributed by atoms with Crippen LogP contribution in [0.2, 0.25) is 0 Å². The Morgan fingerprint density at radius 2 is 1.00 bits per heavy atom. The number of nitro groups is 2. The average Bonchev–Trinajstić information content (AvgIpc) is 2.88. The van der Waals surface area contributed by atoms with Crippen LogP contribution in [-0.2, 0) is 0 Å². The first-order chi connectivity index (χ1) is 16.9. The highest BCUT2D eigenvalue weighted by Crippen LogP contribution is 2.41. The number of hydrogen-bond donors (Lipinski definition) is 0. The second-order valence-corrected chi connectivity index (χ2v) is 7.79. The molecule has 9 heteroatoms. The molecule has 35 heavy (non-hydrogen) atoms. The summed E-state index contributed by atoms with van der Waals surface area (Å²) < 4.78 is 0. The molecule has 0 bridgehead atoms. The minimum atomic E-state index is -0.524. The van der Waals surface area contributed by atoms with Gasteiger partial charge in [-0.05, 0) is 30.3 Å². The molecule has 0 heterocycles. The van der Waals surface area contributed by atoms with Gasteiger partial charge in [-0.25, -0.2) is 0 Å². The van der Waals surface area contributed by atoms with Gasteiger partial charge in [0.2, 0.25) is 0 Å². The van der Waals surface area contributed by atoms with Crippen LogP contribution in [0.1, 0.15) is 31.8 Å². The molecule has 0 radical (unpaired) electrons. The van der Waals surface area contributed by atoms with Gasteiger partial charge in [-0.15, -0.1) is 0 Å². The fourth-order valence-electron chi connectivity index (χ4n) is 4.19. The van der Waals surface area contributed by atoms with Crippen LogP contribution in [0.3, 0.4) is 0 Å². The van der Waals surface area contributed by atoms with Crippen molar-refractivity contribution < 1.29 is 19.4 Å². The molecule has 0 fully saturated rings. The predicted octanol–water partition coefficient (Wildman–Crippen LogP) is 5.75. The molecule has 4 aromatic rings. The van der Waals surface area contributed by atoms with Gasteiger partial charge < -0.3 is 4.90 Å². The fourth-order valence-corrected chi connectivity index (χ4v) is 4.19.